The first kappa shape index (κ1) is 16.3. The van der Waals surface area contributed by atoms with Gasteiger partial charge in [-0.05, 0) is 64.3 Å². The summed E-state index contributed by atoms with van der Waals surface area (Å²) in [4.78, 5) is 5.52. The molecule has 2 fully saturated rings. The van der Waals surface area contributed by atoms with E-state index in [2.05, 4.69) is 35.9 Å². The Morgan fingerprint density at radius 2 is 1.65 bits per heavy atom. The fourth-order valence-corrected chi connectivity index (χ4v) is 3.94. The van der Waals surface area contributed by atoms with Crippen LogP contribution in [-0.4, -0.2) is 61.2 Å². The molecule has 0 saturated carbocycles. The summed E-state index contributed by atoms with van der Waals surface area (Å²) in [6, 6.07) is 1.59. The average Bonchev–Trinajstić information content (AvgIpc) is 2.49. The average molecular weight is 281 g/mol. The second-order valence-electron chi connectivity index (χ2n) is 6.98. The molecular formula is C17H35N3. The van der Waals surface area contributed by atoms with E-state index in [1.807, 2.05) is 0 Å². The van der Waals surface area contributed by atoms with Gasteiger partial charge in [-0.1, -0.05) is 27.2 Å². The molecule has 3 heteroatoms. The summed E-state index contributed by atoms with van der Waals surface area (Å²) in [7, 11) is 0. The van der Waals surface area contributed by atoms with Gasteiger partial charge in [0.15, 0.2) is 0 Å². The first-order valence-corrected chi connectivity index (χ1v) is 8.91. The zero-order valence-electron chi connectivity index (χ0n) is 13.9. The predicted octanol–water partition coefficient (Wildman–Crippen LogP) is 2.57. The molecule has 0 aliphatic carbocycles. The van der Waals surface area contributed by atoms with E-state index in [1.165, 1.54) is 58.3 Å². The van der Waals surface area contributed by atoms with Crippen LogP contribution in [0.1, 0.15) is 52.9 Å². The maximum Gasteiger partial charge on any atom is 0.0243 e. The Labute approximate surface area is 126 Å². The van der Waals surface area contributed by atoms with Gasteiger partial charge in [-0.2, -0.15) is 0 Å². The van der Waals surface area contributed by atoms with Crippen molar-refractivity contribution < 1.29 is 0 Å². The Kier molecular flexibility index (Phi) is 6.79. The van der Waals surface area contributed by atoms with E-state index in [9.17, 15) is 0 Å². The molecule has 2 saturated heterocycles. The molecule has 0 amide bonds. The molecule has 20 heavy (non-hydrogen) atoms. The van der Waals surface area contributed by atoms with Crippen molar-refractivity contribution in [1.29, 1.82) is 0 Å². The molecule has 0 aromatic carbocycles. The van der Waals surface area contributed by atoms with Gasteiger partial charge in [0.1, 0.15) is 0 Å². The third kappa shape index (κ3) is 4.44. The fraction of sp³-hybridized carbons (Fsp3) is 1.00. The predicted molar refractivity (Wildman–Crippen MR) is 87.2 cm³/mol. The fourth-order valence-electron chi connectivity index (χ4n) is 3.94. The third-order valence-electron chi connectivity index (χ3n) is 5.25. The summed E-state index contributed by atoms with van der Waals surface area (Å²) in [6.07, 6.45) is 7.07. The molecule has 2 rings (SSSR count). The number of hydrogen-bond acceptors (Lipinski definition) is 3. The molecule has 0 radical (unpaired) electrons. The van der Waals surface area contributed by atoms with E-state index in [4.69, 9.17) is 0 Å². The van der Waals surface area contributed by atoms with Crippen LogP contribution in [0.2, 0.25) is 0 Å². The largest absolute Gasteiger partial charge is 0.315 e. The highest BCUT2D eigenvalue weighted by molar-refractivity contribution is 4.86. The summed E-state index contributed by atoms with van der Waals surface area (Å²) < 4.78 is 0. The minimum atomic E-state index is 0.720. The van der Waals surface area contributed by atoms with Crippen LogP contribution in [0, 0.1) is 5.92 Å². The van der Waals surface area contributed by atoms with Crippen LogP contribution in [0.3, 0.4) is 0 Å². The minimum Gasteiger partial charge on any atom is -0.315 e. The van der Waals surface area contributed by atoms with Crippen LogP contribution in [0.4, 0.5) is 0 Å². The smallest absolute Gasteiger partial charge is 0.0243 e. The topological polar surface area (TPSA) is 18.5 Å². The van der Waals surface area contributed by atoms with E-state index < -0.39 is 0 Å². The Bertz CT molecular complexity index is 253. The first-order valence-electron chi connectivity index (χ1n) is 8.91. The van der Waals surface area contributed by atoms with E-state index in [0.717, 1.165) is 31.1 Å². The van der Waals surface area contributed by atoms with Crippen LogP contribution >= 0.6 is 0 Å². The van der Waals surface area contributed by atoms with E-state index in [-0.39, 0.29) is 0 Å². The lowest BCUT2D eigenvalue weighted by Crippen LogP contribution is -2.53. The number of piperidine rings is 2. The number of nitrogens with one attached hydrogen (secondary N) is 1. The SMILES string of the molecule is CCNCC(C(C)C)N1CCC(N2CCCCC2)CC1. The highest BCUT2D eigenvalue weighted by atomic mass is 15.2. The Morgan fingerprint density at radius 3 is 2.20 bits per heavy atom. The summed E-state index contributed by atoms with van der Waals surface area (Å²) >= 11 is 0. The van der Waals surface area contributed by atoms with Crippen molar-refractivity contribution in [2.24, 2.45) is 5.92 Å². The molecule has 1 unspecified atom stereocenters. The second-order valence-corrected chi connectivity index (χ2v) is 6.98. The lowest BCUT2D eigenvalue weighted by Gasteiger charge is -2.43. The molecule has 2 heterocycles. The van der Waals surface area contributed by atoms with Gasteiger partial charge in [0.2, 0.25) is 0 Å². The van der Waals surface area contributed by atoms with Crippen molar-refractivity contribution >= 4 is 0 Å². The van der Waals surface area contributed by atoms with Crippen LogP contribution in [0.5, 0.6) is 0 Å². The first-order chi connectivity index (χ1) is 9.72. The highest BCUT2D eigenvalue weighted by Crippen LogP contribution is 2.23. The lowest BCUT2D eigenvalue weighted by atomic mass is 9.95. The minimum absolute atomic E-state index is 0.720. The summed E-state index contributed by atoms with van der Waals surface area (Å²) in [5, 5.41) is 3.55. The summed E-state index contributed by atoms with van der Waals surface area (Å²) in [5.74, 6) is 0.751. The van der Waals surface area contributed by atoms with E-state index >= 15 is 0 Å². The second kappa shape index (κ2) is 8.35. The number of hydrogen-bond donors (Lipinski definition) is 1. The van der Waals surface area contributed by atoms with Crippen LogP contribution in [0.25, 0.3) is 0 Å². The molecule has 2 aliphatic heterocycles. The molecule has 3 nitrogen and oxygen atoms in total. The van der Waals surface area contributed by atoms with Gasteiger partial charge >= 0.3 is 0 Å². The molecule has 0 aromatic rings. The molecule has 0 aromatic heterocycles. The van der Waals surface area contributed by atoms with Crippen LogP contribution < -0.4 is 5.32 Å². The monoisotopic (exact) mass is 281 g/mol. The molecule has 118 valence electrons. The molecule has 0 spiro atoms. The van der Waals surface area contributed by atoms with Gasteiger partial charge in [0.25, 0.3) is 0 Å². The molecule has 1 atom stereocenters. The maximum absolute atomic E-state index is 3.55. The van der Waals surface area contributed by atoms with Crippen molar-refractivity contribution in [2.45, 2.75) is 65.0 Å². The van der Waals surface area contributed by atoms with E-state index in [0.29, 0.717) is 0 Å². The summed E-state index contributed by atoms with van der Waals surface area (Å²) in [6.45, 7) is 14.5. The van der Waals surface area contributed by atoms with Crippen molar-refractivity contribution in [3.8, 4) is 0 Å². The molecule has 2 aliphatic rings. The molecule has 0 bridgehead atoms. The zero-order valence-corrected chi connectivity index (χ0v) is 13.9. The number of nitrogens with zero attached hydrogens (tertiary/aromatic N) is 2. The normalized spacial score (nSPS) is 25.2. The van der Waals surface area contributed by atoms with Crippen molar-refractivity contribution in [3.63, 3.8) is 0 Å². The van der Waals surface area contributed by atoms with Gasteiger partial charge in [-0.25, -0.2) is 0 Å². The standard InChI is InChI=1S/C17H35N3/c1-4-18-14-17(15(2)3)20-12-8-16(9-13-20)19-10-6-5-7-11-19/h15-18H,4-14H2,1-3H3. The summed E-state index contributed by atoms with van der Waals surface area (Å²) in [5.41, 5.74) is 0. The lowest BCUT2D eigenvalue weighted by molar-refractivity contribution is 0.0594. The molecule has 1 N–H and O–H groups in total. The van der Waals surface area contributed by atoms with Gasteiger partial charge in [-0.15, -0.1) is 0 Å². The number of likely N-dealkylation sites (tertiary alicyclic amines) is 2. The van der Waals surface area contributed by atoms with Crippen LogP contribution in [0.15, 0.2) is 0 Å². The number of rotatable bonds is 6. The Hall–Kier alpha value is -0.120. The van der Waals surface area contributed by atoms with Gasteiger partial charge < -0.3 is 10.2 Å². The number of likely N-dealkylation sites (N-methyl/N-ethyl adjacent to an activating group) is 1. The zero-order chi connectivity index (χ0) is 14.4. The highest BCUT2D eigenvalue weighted by Gasteiger charge is 2.29. The van der Waals surface area contributed by atoms with Crippen LogP contribution in [-0.2, 0) is 0 Å². The Balaban J connectivity index is 1.79. The maximum atomic E-state index is 3.55. The van der Waals surface area contributed by atoms with Gasteiger partial charge in [0.05, 0.1) is 0 Å². The van der Waals surface area contributed by atoms with Crippen molar-refractivity contribution in [2.75, 3.05) is 39.3 Å². The van der Waals surface area contributed by atoms with Crippen molar-refractivity contribution in [3.05, 3.63) is 0 Å². The van der Waals surface area contributed by atoms with E-state index in [1.54, 1.807) is 0 Å². The van der Waals surface area contributed by atoms with Gasteiger partial charge in [0, 0.05) is 18.6 Å². The quantitative estimate of drug-likeness (QED) is 0.807. The molecular weight excluding hydrogens is 246 g/mol. The van der Waals surface area contributed by atoms with Gasteiger partial charge in [-0.3, -0.25) is 4.90 Å². The third-order valence-corrected chi connectivity index (χ3v) is 5.25. The Morgan fingerprint density at radius 1 is 1.00 bits per heavy atom. The van der Waals surface area contributed by atoms with Crippen molar-refractivity contribution in [1.82, 2.24) is 15.1 Å².